The fourth-order valence-electron chi connectivity index (χ4n) is 1.97. The maximum Gasteiger partial charge on any atom is 0.282 e. The van der Waals surface area contributed by atoms with Crippen molar-refractivity contribution in [3.63, 3.8) is 0 Å². The maximum atomic E-state index is 11.8. The third-order valence-electron chi connectivity index (χ3n) is 3.10. The summed E-state index contributed by atoms with van der Waals surface area (Å²) in [5.74, 6) is 0.520. The number of nitro groups is 1. The predicted molar refractivity (Wildman–Crippen MR) is 87.7 cm³/mol. The summed E-state index contributed by atoms with van der Waals surface area (Å²) in [5, 5.41) is 21.5. The normalized spacial score (nSPS) is 10.6. The third kappa shape index (κ3) is 4.23. The Morgan fingerprint density at radius 1 is 1.24 bits per heavy atom. The summed E-state index contributed by atoms with van der Waals surface area (Å²) in [5.41, 5.74) is 0.105. The van der Waals surface area contributed by atoms with Crippen molar-refractivity contribution in [1.29, 1.82) is 0 Å². The average Bonchev–Trinajstić information content (AvgIpc) is 3.30. The summed E-state index contributed by atoms with van der Waals surface area (Å²) >= 11 is 1.04. The highest BCUT2D eigenvalue weighted by molar-refractivity contribution is 7.99. The number of benzene rings is 1. The molecular weight excluding hydrogens is 348 g/mol. The summed E-state index contributed by atoms with van der Waals surface area (Å²) in [6, 6.07) is 9.56. The quantitative estimate of drug-likeness (QED) is 0.387. The van der Waals surface area contributed by atoms with E-state index in [1.165, 1.54) is 18.4 Å². The van der Waals surface area contributed by atoms with Gasteiger partial charge in [-0.25, -0.2) is 0 Å². The van der Waals surface area contributed by atoms with Gasteiger partial charge in [0.2, 0.25) is 5.91 Å². The molecule has 2 heterocycles. The number of rotatable bonds is 7. The summed E-state index contributed by atoms with van der Waals surface area (Å²) in [6.07, 6.45) is 1.53. The van der Waals surface area contributed by atoms with E-state index < -0.39 is 4.92 Å². The van der Waals surface area contributed by atoms with Crippen LogP contribution in [-0.2, 0) is 11.3 Å². The number of nitro benzene ring substituents is 1. The van der Waals surface area contributed by atoms with E-state index in [-0.39, 0.29) is 40.6 Å². The van der Waals surface area contributed by atoms with Crippen LogP contribution in [0.5, 0.6) is 0 Å². The largest absolute Gasteiger partial charge is 0.467 e. The first-order valence-electron chi connectivity index (χ1n) is 7.12. The zero-order valence-corrected chi connectivity index (χ0v) is 13.6. The summed E-state index contributed by atoms with van der Waals surface area (Å²) in [6.45, 7) is 0.289. The number of furan rings is 1. The van der Waals surface area contributed by atoms with Crippen LogP contribution in [0, 0.1) is 10.1 Å². The second-order valence-electron chi connectivity index (χ2n) is 4.79. The number of amides is 1. The first kappa shape index (κ1) is 16.7. The van der Waals surface area contributed by atoms with Crippen molar-refractivity contribution in [1.82, 2.24) is 15.5 Å². The minimum Gasteiger partial charge on any atom is -0.467 e. The van der Waals surface area contributed by atoms with Crippen LogP contribution < -0.4 is 5.32 Å². The van der Waals surface area contributed by atoms with Crippen LogP contribution in [0.3, 0.4) is 0 Å². The fourth-order valence-corrected chi connectivity index (χ4v) is 2.56. The van der Waals surface area contributed by atoms with Crippen LogP contribution in [-0.4, -0.2) is 26.8 Å². The molecule has 3 aromatic rings. The van der Waals surface area contributed by atoms with Crippen LogP contribution in [0.4, 0.5) is 5.69 Å². The summed E-state index contributed by atoms with van der Waals surface area (Å²) < 4.78 is 10.5. The van der Waals surface area contributed by atoms with E-state index in [1.54, 1.807) is 24.3 Å². The van der Waals surface area contributed by atoms with Gasteiger partial charge < -0.3 is 14.2 Å². The molecule has 1 aromatic carbocycles. The average molecular weight is 360 g/mol. The van der Waals surface area contributed by atoms with E-state index in [2.05, 4.69) is 15.5 Å². The lowest BCUT2D eigenvalue weighted by atomic mass is 10.2. The Balaban J connectivity index is 1.59. The molecule has 0 fully saturated rings. The molecule has 0 radical (unpaired) electrons. The SMILES string of the molecule is O=C(CSc1nnc(-c2ccccc2[N+](=O)[O-])o1)NCc1ccco1. The van der Waals surface area contributed by atoms with Gasteiger partial charge in [-0.05, 0) is 18.2 Å². The molecule has 3 rings (SSSR count). The molecule has 0 saturated carbocycles. The molecule has 9 nitrogen and oxygen atoms in total. The predicted octanol–water partition coefficient (Wildman–Crippen LogP) is 2.65. The molecule has 0 bridgehead atoms. The Labute approximate surface area is 145 Å². The Kier molecular flexibility index (Phi) is 5.09. The van der Waals surface area contributed by atoms with Gasteiger partial charge in [-0.2, -0.15) is 0 Å². The van der Waals surface area contributed by atoms with E-state index in [0.717, 1.165) is 11.8 Å². The van der Waals surface area contributed by atoms with E-state index in [0.29, 0.717) is 5.76 Å². The molecule has 0 aliphatic carbocycles. The monoisotopic (exact) mass is 360 g/mol. The highest BCUT2D eigenvalue weighted by Crippen LogP contribution is 2.30. The van der Waals surface area contributed by atoms with Crippen molar-refractivity contribution in [2.45, 2.75) is 11.8 Å². The van der Waals surface area contributed by atoms with Gasteiger partial charge in [-0.15, -0.1) is 10.2 Å². The number of para-hydroxylation sites is 1. The van der Waals surface area contributed by atoms with Crippen molar-refractivity contribution in [3.8, 4) is 11.5 Å². The Hall–Kier alpha value is -3.14. The van der Waals surface area contributed by atoms with E-state index in [1.807, 2.05) is 0 Å². The van der Waals surface area contributed by atoms with Gasteiger partial charge in [0.1, 0.15) is 11.3 Å². The second-order valence-corrected chi connectivity index (χ2v) is 5.72. The smallest absolute Gasteiger partial charge is 0.282 e. The number of aromatic nitrogens is 2. The molecule has 128 valence electrons. The Morgan fingerprint density at radius 3 is 2.84 bits per heavy atom. The van der Waals surface area contributed by atoms with Gasteiger partial charge >= 0.3 is 0 Å². The summed E-state index contributed by atoms with van der Waals surface area (Å²) in [4.78, 5) is 22.3. The van der Waals surface area contributed by atoms with Gasteiger partial charge in [0.05, 0.1) is 23.5 Å². The van der Waals surface area contributed by atoms with Crippen LogP contribution in [0.2, 0.25) is 0 Å². The van der Waals surface area contributed by atoms with Crippen LogP contribution in [0.25, 0.3) is 11.5 Å². The molecule has 0 atom stereocenters. The van der Waals surface area contributed by atoms with Crippen LogP contribution in [0.1, 0.15) is 5.76 Å². The highest BCUT2D eigenvalue weighted by atomic mass is 32.2. The summed E-state index contributed by atoms with van der Waals surface area (Å²) in [7, 11) is 0. The van der Waals surface area contributed by atoms with E-state index >= 15 is 0 Å². The van der Waals surface area contributed by atoms with Gasteiger partial charge in [0, 0.05) is 6.07 Å². The number of thioether (sulfide) groups is 1. The number of hydrogen-bond donors (Lipinski definition) is 1. The maximum absolute atomic E-state index is 11.8. The Bertz CT molecular complexity index is 878. The third-order valence-corrected chi connectivity index (χ3v) is 3.92. The molecule has 1 amide bonds. The first-order valence-corrected chi connectivity index (χ1v) is 8.11. The van der Waals surface area contributed by atoms with Crippen molar-refractivity contribution < 1.29 is 18.6 Å². The number of carbonyl (C=O) groups excluding carboxylic acids is 1. The number of carbonyl (C=O) groups is 1. The minimum absolute atomic E-state index is 0.0331. The van der Waals surface area contributed by atoms with Crippen LogP contribution >= 0.6 is 11.8 Å². The van der Waals surface area contributed by atoms with Gasteiger partial charge in [-0.3, -0.25) is 14.9 Å². The van der Waals surface area contributed by atoms with Crippen molar-refractivity contribution >= 4 is 23.4 Å². The topological polar surface area (TPSA) is 124 Å². The van der Waals surface area contributed by atoms with Gasteiger partial charge in [0.25, 0.3) is 16.8 Å². The molecule has 25 heavy (non-hydrogen) atoms. The van der Waals surface area contributed by atoms with Crippen molar-refractivity contribution in [2.24, 2.45) is 0 Å². The van der Waals surface area contributed by atoms with Crippen LogP contribution in [0.15, 0.2) is 56.7 Å². The number of nitrogens with zero attached hydrogens (tertiary/aromatic N) is 3. The zero-order chi connectivity index (χ0) is 17.6. The Morgan fingerprint density at radius 2 is 2.08 bits per heavy atom. The minimum atomic E-state index is -0.519. The van der Waals surface area contributed by atoms with Crippen molar-refractivity contribution in [2.75, 3.05) is 5.75 Å². The van der Waals surface area contributed by atoms with Gasteiger partial charge in [-0.1, -0.05) is 23.9 Å². The standard InChI is InChI=1S/C15H12N4O5S/c20-13(16-8-10-4-3-7-23-10)9-25-15-18-17-14(24-15)11-5-1-2-6-12(11)19(21)22/h1-7H,8-9H2,(H,16,20). The molecule has 0 unspecified atom stereocenters. The molecular formula is C15H12N4O5S. The lowest BCUT2D eigenvalue weighted by Gasteiger charge is -2.01. The number of nitrogens with one attached hydrogen (secondary N) is 1. The molecule has 0 spiro atoms. The highest BCUT2D eigenvalue weighted by Gasteiger charge is 2.20. The number of hydrogen-bond acceptors (Lipinski definition) is 8. The van der Waals surface area contributed by atoms with E-state index in [9.17, 15) is 14.9 Å². The first-order chi connectivity index (χ1) is 12.1. The molecule has 1 N–H and O–H groups in total. The van der Waals surface area contributed by atoms with Gasteiger partial charge in [0.15, 0.2) is 0 Å². The molecule has 0 aliphatic heterocycles. The molecule has 0 saturated heterocycles. The lowest BCUT2D eigenvalue weighted by Crippen LogP contribution is -2.24. The molecule has 0 aliphatic rings. The fraction of sp³-hybridized carbons (Fsp3) is 0.133. The van der Waals surface area contributed by atoms with Crippen molar-refractivity contribution in [3.05, 3.63) is 58.5 Å². The zero-order valence-electron chi connectivity index (χ0n) is 12.7. The molecule has 2 aromatic heterocycles. The second kappa shape index (κ2) is 7.62. The van der Waals surface area contributed by atoms with E-state index in [4.69, 9.17) is 8.83 Å². The molecule has 10 heteroatoms. The lowest BCUT2D eigenvalue weighted by molar-refractivity contribution is -0.384.